The number of anilines is 4. The maximum atomic E-state index is 2.56. The number of hydrogen-bond donors (Lipinski definition) is 0. The fourth-order valence-corrected chi connectivity index (χ4v) is 7.71. The highest BCUT2D eigenvalue weighted by Gasteiger charge is 2.41. The SMILES string of the molecule is CC1(C)C2=C(c3ccc(N(c4ccccc4)c4ccccc4)cc31)C1C=CCCC(=C1)C(N(C1=CCCC=C1)c1ccccc1)=C2. The van der Waals surface area contributed by atoms with Crippen LogP contribution in [0.15, 0.2) is 174 Å². The van der Waals surface area contributed by atoms with Crippen molar-refractivity contribution in [1.82, 2.24) is 0 Å². The van der Waals surface area contributed by atoms with Crippen molar-refractivity contribution in [2.45, 2.75) is 44.9 Å². The summed E-state index contributed by atoms with van der Waals surface area (Å²) in [5.74, 6) is 0.237. The second-order valence-corrected chi connectivity index (χ2v) is 13.2. The molecule has 46 heavy (non-hydrogen) atoms. The van der Waals surface area contributed by atoms with Crippen LogP contribution in [0.25, 0.3) is 5.57 Å². The zero-order valence-corrected chi connectivity index (χ0v) is 26.7. The van der Waals surface area contributed by atoms with Crippen LogP contribution >= 0.6 is 0 Å². The summed E-state index contributed by atoms with van der Waals surface area (Å²) in [7, 11) is 0. The summed E-state index contributed by atoms with van der Waals surface area (Å²) in [4.78, 5) is 4.89. The summed E-state index contributed by atoms with van der Waals surface area (Å²) in [5.41, 5.74) is 14.2. The molecule has 0 fully saturated rings. The van der Waals surface area contributed by atoms with E-state index in [4.69, 9.17) is 0 Å². The Balaban J connectivity index is 1.30. The molecule has 4 aromatic carbocycles. The Morgan fingerprint density at radius 1 is 0.652 bits per heavy atom. The van der Waals surface area contributed by atoms with E-state index in [1.165, 1.54) is 50.6 Å². The molecule has 4 aliphatic carbocycles. The topological polar surface area (TPSA) is 6.48 Å². The first kappa shape index (κ1) is 28.4. The van der Waals surface area contributed by atoms with E-state index >= 15 is 0 Å². The molecule has 1 atom stereocenters. The number of fused-ring (bicyclic) bond motifs is 4. The van der Waals surface area contributed by atoms with Gasteiger partial charge in [0.1, 0.15) is 0 Å². The van der Waals surface area contributed by atoms with Gasteiger partial charge in [-0.2, -0.15) is 0 Å². The summed E-state index contributed by atoms with van der Waals surface area (Å²) >= 11 is 0. The number of allylic oxidation sites excluding steroid dienone is 10. The predicted molar refractivity (Wildman–Crippen MR) is 194 cm³/mol. The first-order chi connectivity index (χ1) is 22.6. The van der Waals surface area contributed by atoms with Gasteiger partial charge in [-0.1, -0.05) is 105 Å². The normalized spacial score (nSPS) is 19.3. The predicted octanol–water partition coefficient (Wildman–Crippen LogP) is 11.7. The molecule has 0 amide bonds. The molecule has 0 saturated heterocycles. The van der Waals surface area contributed by atoms with Crippen LogP contribution in [-0.2, 0) is 5.41 Å². The van der Waals surface area contributed by atoms with Crippen molar-refractivity contribution in [2.75, 3.05) is 9.80 Å². The monoisotopic (exact) mass is 596 g/mol. The molecule has 2 nitrogen and oxygen atoms in total. The van der Waals surface area contributed by atoms with Crippen LogP contribution in [0, 0.1) is 5.92 Å². The third kappa shape index (κ3) is 4.90. The second kappa shape index (κ2) is 11.7. The van der Waals surface area contributed by atoms with Crippen molar-refractivity contribution >= 4 is 28.3 Å². The van der Waals surface area contributed by atoms with Crippen LogP contribution in [0.3, 0.4) is 0 Å². The van der Waals surface area contributed by atoms with E-state index in [0.29, 0.717) is 0 Å². The van der Waals surface area contributed by atoms with Gasteiger partial charge in [-0.3, -0.25) is 0 Å². The molecule has 4 aliphatic rings. The zero-order chi connectivity index (χ0) is 31.1. The molecule has 1 unspecified atom stereocenters. The van der Waals surface area contributed by atoms with Gasteiger partial charge in [0.2, 0.25) is 0 Å². The van der Waals surface area contributed by atoms with Crippen molar-refractivity contribution in [3.63, 3.8) is 0 Å². The molecule has 226 valence electrons. The number of benzene rings is 4. The maximum absolute atomic E-state index is 2.56. The quantitative estimate of drug-likeness (QED) is 0.204. The number of rotatable bonds is 6. The van der Waals surface area contributed by atoms with Crippen LogP contribution in [0.5, 0.6) is 0 Å². The third-order valence-corrected chi connectivity index (χ3v) is 9.95. The molecule has 4 aromatic rings. The molecule has 2 bridgehead atoms. The Bertz CT molecular complexity index is 1910. The van der Waals surface area contributed by atoms with Crippen LogP contribution in [0.2, 0.25) is 0 Å². The molecule has 0 spiro atoms. The highest BCUT2D eigenvalue weighted by atomic mass is 15.2. The molecule has 0 saturated carbocycles. The molecular weight excluding hydrogens is 556 g/mol. The molecule has 0 aliphatic heterocycles. The van der Waals surface area contributed by atoms with Gasteiger partial charge in [0.05, 0.1) is 0 Å². The Labute approximate surface area is 273 Å². The van der Waals surface area contributed by atoms with Crippen molar-refractivity contribution in [2.24, 2.45) is 5.92 Å². The van der Waals surface area contributed by atoms with Gasteiger partial charge in [0.15, 0.2) is 0 Å². The fraction of sp³-hybridized carbons (Fsp3) is 0.182. The van der Waals surface area contributed by atoms with Gasteiger partial charge < -0.3 is 9.80 Å². The first-order valence-electron chi connectivity index (χ1n) is 16.7. The maximum Gasteiger partial charge on any atom is 0.0493 e. The minimum Gasteiger partial charge on any atom is -0.311 e. The lowest BCUT2D eigenvalue weighted by Gasteiger charge is -2.33. The van der Waals surface area contributed by atoms with Gasteiger partial charge >= 0.3 is 0 Å². The van der Waals surface area contributed by atoms with Crippen molar-refractivity contribution in [3.8, 4) is 0 Å². The molecule has 0 N–H and O–H groups in total. The Morgan fingerprint density at radius 2 is 1.30 bits per heavy atom. The minimum absolute atomic E-state index is 0.182. The highest BCUT2D eigenvalue weighted by Crippen LogP contribution is 2.54. The molecule has 0 radical (unpaired) electrons. The average Bonchev–Trinajstić information content (AvgIpc) is 3.30. The molecular formula is C44H40N2. The summed E-state index contributed by atoms with van der Waals surface area (Å²) in [6.45, 7) is 4.84. The average molecular weight is 597 g/mol. The van der Waals surface area contributed by atoms with E-state index in [9.17, 15) is 0 Å². The Hall–Kier alpha value is -5.08. The molecule has 0 aromatic heterocycles. The van der Waals surface area contributed by atoms with Crippen molar-refractivity contribution in [3.05, 3.63) is 185 Å². The van der Waals surface area contributed by atoms with Crippen molar-refractivity contribution in [1.29, 1.82) is 0 Å². The van der Waals surface area contributed by atoms with Gasteiger partial charge in [-0.15, -0.1) is 0 Å². The molecule has 2 heteroatoms. The fourth-order valence-electron chi connectivity index (χ4n) is 7.71. The van der Waals surface area contributed by atoms with E-state index in [1.54, 1.807) is 0 Å². The second-order valence-electron chi connectivity index (χ2n) is 13.2. The third-order valence-electron chi connectivity index (χ3n) is 9.95. The van der Waals surface area contributed by atoms with Crippen LogP contribution in [0.4, 0.5) is 22.7 Å². The summed E-state index contributed by atoms with van der Waals surface area (Å²) < 4.78 is 0. The summed E-state index contributed by atoms with van der Waals surface area (Å²) in [5, 5.41) is 0. The van der Waals surface area contributed by atoms with Gasteiger partial charge in [0.25, 0.3) is 0 Å². The summed E-state index contributed by atoms with van der Waals surface area (Å²) in [6, 6.07) is 39.5. The Morgan fingerprint density at radius 3 is 1.93 bits per heavy atom. The lowest BCUT2D eigenvalue weighted by atomic mass is 9.80. The van der Waals surface area contributed by atoms with Crippen LogP contribution in [-0.4, -0.2) is 0 Å². The number of hydrogen-bond acceptors (Lipinski definition) is 2. The lowest BCUT2D eigenvalue weighted by Crippen LogP contribution is -2.25. The van der Waals surface area contributed by atoms with E-state index in [0.717, 1.165) is 37.1 Å². The molecule has 0 heterocycles. The first-order valence-corrected chi connectivity index (χ1v) is 16.7. The standard InChI is InChI=1S/C44H40N2/c1-44(2)40-30-38(45(34-19-7-3-8-20-34)35-21-9-4-10-22-35)27-28-39(40)43-33-18-16-15-17-32(29-33)42(31-41(43)44)46(36-23-11-5-12-24-36)37-25-13-6-14-26-37/h3-5,7-13,16,18-31,33H,6,14-15,17H2,1-2H3. The number of para-hydroxylation sites is 3. The smallest absolute Gasteiger partial charge is 0.0493 e. The highest BCUT2D eigenvalue weighted by molar-refractivity contribution is 5.89. The molecule has 8 rings (SSSR count). The summed E-state index contributed by atoms with van der Waals surface area (Å²) in [6.07, 6.45) is 21.3. The van der Waals surface area contributed by atoms with Crippen LogP contribution in [0.1, 0.15) is 50.7 Å². The zero-order valence-electron chi connectivity index (χ0n) is 26.7. The lowest BCUT2D eigenvalue weighted by molar-refractivity contribution is 0.652. The van der Waals surface area contributed by atoms with Crippen molar-refractivity contribution < 1.29 is 0 Å². The van der Waals surface area contributed by atoms with Gasteiger partial charge in [-0.25, -0.2) is 0 Å². The van der Waals surface area contributed by atoms with Crippen LogP contribution < -0.4 is 9.80 Å². The van der Waals surface area contributed by atoms with Gasteiger partial charge in [0, 0.05) is 45.5 Å². The van der Waals surface area contributed by atoms with E-state index in [1.807, 2.05) is 0 Å². The Kier molecular flexibility index (Phi) is 7.22. The van der Waals surface area contributed by atoms with E-state index < -0.39 is 0 Å². The minimum atomic E-state index is -0.182. The van der Waals surface area contributed by atoms with E-state index in [2.05, 4.69) is 175 Å². The van der Waals surface area contributed by atoms with E-state index in [-0.39, 0.29) is 11.3 Å². The van der Waals surface area contributed by atoms with Gasteiger partial charge in [-0.05, 0) is 114 Å². The largest absolute Gasteiger partial charge is 0.311 e. The number of nitrogens with zero attached hydrogens (tertiary/aromatic N) is 2.